The Hall–Kier alpha value is -1.13. The molecule has 0 aliphatic rings. The van der Waals surface area contributed by atoms with Gasteiger partial charge in [0.1, 0.15) is 16.0 Å². The number of aryl methyl sites for hydroxylation is 1. The van der Waals surface area contributed by atoms with Crippen LogP contribution in [0.25, 0.3) is 11.5 Å². The average Bonchev–Trinajstić information content (AvgIpc) is 2.60. The van der Waals surface area contributed by atoms with Gasteiger partial charge >= 0.3 is 0 Å². The number of halogens is 2. The van der Waals surface area contributed by atoms with Crippen LogP contribution < -0.4 is 0 Å². The SMILES string of the molecule is Cc1c(Cl)nc(-c2cn(C)cn2)nc1Cl. The van der Waals surface area contributed by atoms with Crippen LogP contribution in [0.4, 0.5) is 0 Å². The molecule has 6 heteroatoms. The molecule has 0 N–H and O–H groups in total. The minimum atomic E-state index is 0.357. The van der Waals surface area contributed by atoms with Gasteiger partial charge in [-0.2, -0.15) is 0 Å². The number of hydrogen-bond donors (Lipinski definition) is 0. The highest BCUT2D eigenvalue weighted by molar-refractivity contribution is 6.34. The van der Waals surface area contributed by atoms with Gasteiger partial charge in [-0.25, -0.2) is 15.0 Å². The first kappa shape index (κ1) is 10.4. The first-order chi connectivity index (χ1) is 7.08. The van der Waals surface area contributed by atoms with E-state index in [0.717, 1.165) is 0 Å². The van der Waals surface area contributed by atoms with Crippen molar-refractivity contribution in [2.45, 2.75) is 6.92 Å². The second-order valence-electron chi connectivity index (χ2n) is 3.18. The minimum Gasteiger partial charge on any atom is -0.340 e. The van der Waals surface area contributed by atoms with E-state index in [9.17, 15) is 0 Å². The molecule has 0 saturated heterocycles. The minimum absolute atomic E-state index is 0.357. The van der Waals surface area contributed by atoms with E-state index < -0.39 is 0 Å². The molecule has 0 bridgehead atoms. The summed E-state index contributed by atoms with van der Waals surface area (Å²) < 4.78 is 1.81. The van der Waals surface area contributed by atoms with E-state index in [1.807, 2.05) is 7.05 Å². The van der Waals surface area contributed by atoms with E-state index >= 15 is 0 Å². The summed E-state index contributed by atoms with van der Waals surface area (Å²) in [7, 11) is 1.87. The first-order valence-corrected chi connectivity index (χ1v) is 5.01. The molecule has 0 fully saturated rings. The van der Waals surface area contributed by atoms with Crippen molar-refractivity contribution in [3.8, 4) is 11.5 Å². The molecule has 2 aromatic rings. The van der Waals surface area contributed by atoms with E-state index in [1.165, 1.54) is 0 Å². The van der Waals surface area contributed by atoms with Crippen molar-refractivity contribution >= 4 is 23.2 Å². The fourth-order valence-corrected chi connectivity index (χ4v) is 1.49. The Kier molecular flexibility index (Phi) is 2.63. The molecule has 0 aromatic carbocycles. The van der Waals surface area contributed by atoms with Crippen LogP contribution in [0, 0.1) is 6.92 Å². The molecule has 15 heavy (non-hydrogen) atoms. The summed E-state index contributed by atoms with van der Waals surface area (Å²) >= 11 is 11.8. The number of rotatable bonds is 1. The molecule has 2 aromatic heterocycles. The van der Waals surface area contributed by atoms with Crippen LogP contribution in [0.2, 0.25) is 10.3 Å². The predicted molar refractivity (Wildman–Crippen MR) is 59.0 cm³/mol. The molecule has 0 aliphatic carbocycles. The largest absolute Gasteiger partial charge is 0.340 e. The monoisotopic (exact) mass is 242 g/mol. The Labute approximate surface area is 96.9 Å². The summed E-state index contributed by atoms with van der Waals surface area (Å²) in [6.07, 6.45) is 3.47. The molecule has 0 radical (unpaired) electrons. The maximum absolute atomic E-state index is 5.91. The lowest BCUT2D eigenvalue weighted by Crippen LogP contribution is -1.94. The second kappa shape index (κ2) is 3.79. The van der Waals surface area contributed by atoms with E-state index in [1.54, 1.807) is 24.0 Å². The van der Waals surface area contributed by atoms with Gasteiger partial charge in [-0.1, -0.05) is 23.2 Å². The molecule has 2 rings (SSSR count). The van der Waals surface area contributed by atoms with E-state index in [-0.39, 0.29) is 0 Å². The van der Waals surface area contributed by atoms with Crippen LogP contribution in [0.3, 0.4) is 0 Å². The molecule has 0 unspecified atom stereocenters. The fourth-order valence-electron chi connectivity index (χ4n) is 1.11. The maximum atomic E-state index is 5.91. The van der Waals surface area contributed by atoms with Crippen LogP contribution >= 0.6 is 23.2 Å². The summed E-state index contributed by atoms with van der Waals surface area (Å²) in [6.45, 7) is 1.77. The quantitative estimate of drug-likeness (QED) is 0.722. The second-order valence-corrected chi connectivity index (χ2v) is 3.89. The van der Waals surface area contributed by atoms with Crippen LogP contribution in [-0.4, -0.2) is 19.5 Å². The average molecular weight is 243 g/mol. The number of imidazole rings is 1. The van der Waals surface area contributed by atoms with Crippen molar-refractivity contribution in [3.05, 3.63) is 28.4 Å². The van der Waals surface area contributed by atoms with Gasteiger partial charge in [0.2, 0.25) is 0 Å². The first-order valence-electron chi connectivity index (χ1n) is 4.26. The molecule has 0 spiro atoms. The number of hydrogen-bond acceptors (Lipinski definition) is 3. The van der Waals surface area contributed by atoms with Crippen molar-refractivity contribution in [1.29, 1.82) is 0 Å². The third-order valence-electron chi connectivity index (χ3n) is 1.96. The van der Waals surface area contributed by atoms with Crippen LogP contribution in [-0.2, 0) is 7.05 Å². The molecule has 4 nitrogen and oxygen atoms in total. The Bertz CT molecular complexity index is 484. The molecule has 0 atom stereocenters. The third-order valence-corrected chi connectivity index (χ3v) is 2.70. The molecule has 0 saturated carbocycles. The molecule has 2 heterocycles. The topological polar surface area (TPSA) is 43.6 Å². The lowest BCUT2D eigenvalue weighted by atomic mass is 10.3. The zero-order valence-electron chi connectivity index (χ0n) is 8.20. The standard InChI is InChI=1S/C9H8Cl2N4/c1-5-7(10)13-9(14-8(5)11)6-3-15(2)4-12-6/h3-4H,1-2H3. The van der Waals surface area contributed by atoms with Crippen LogP contribution in [0.1, 0.15) is 5.56 Å². The van der Waals surface area contributed by atoms with Crippen molar-refractivity contribution in [2.75, 3.05) is 0 Å². The highest BCUT2D eigenvalue weighted by Crippen LogP contribution is 2.23. The fraction of sp³-hybridized carbons (Fsp3) is 0.222. The summed E-state index contributed by atoms with van der Waals surface area (Å²) in [6, 6.07) is 0. The molecule has 78 valence electrons. The summed E-state index contributed by atoms with van der Waals surface area (Å²) in [5, 5.41) is 0.714. The van der Waals surface area contributed by atoms with Crippen molar-refractivity contribution in [3.63, 3.8) is 0 Å². The van der Waals surface area contributed by atoms with E-state index in [2.05, 4.69) is 15.0 Å². The van der Waals surface area contributed by atoms with Gasteiger partial charge in [-0.15, -0.1) is 0 Å². The lowest BCUT2D eigenvalue weighted by Gasteiger charge is -2.01. The molecular formula is C9H8Cl2N4. The highest BCUT2D eigenvalue weighted by Gasteiger charge is 2.10. The Morgan fingerprint density at radius 2 is 1.80 bits per heavy atom. The summed E-state index contributed by atoms with van der Waals surface area (Å²) in [5.74, 6) is 0.441. The lowest BCUT2D eigenvalue weighted by molar-refractivity contribution is 0.913. The highest BCUT2D eigenvalue weighted by atomic mass is 35.5. The van der Waals surface area contributed by atoms with Gasteiger partial charge in [-0.05, 0) is 6.92 Å². The van der Waals surface area contributed by atoms with Gasteiger partial charge in [0.15, 0.2) is 5.82 Å². The summed E-state index contributed by atoms with van der Waals surface area (Å²) in [5.41, 5.74) is 1.33. The Morgan fingerprint density at radius 3 is 2.27 bits per heavy atom. The van der Waals surface area contributed by atoms with Gasteiger partial charge in [0.05, 0.1) is 6.33 Å². The van der Waals surface area contributed by atoms with E-state index in [4.69, 9.17) is 23.2 Å². The predicted octanol–water partition coefficient (Wildman–Crippen LogP) is 2.49. The van der Waals surface area contributed by atoms with Crippen molar-refractivity contribution in [1.82, 2.24) is 19.5 Å². The van der Waals surface area contributed by atoms with Crippen LogP contribution in [0.15, 0.2) is 12.5 Å². The van der Waals surface area contributed by atoms with Gasteiger partial charge in [-0.3, -0.25) is 0 Å². The van der Waals surface area contributed by atoms with E-state index in [0.29, 0.717) is 27.4 Å². The van der Waals surface area contributed by atoms with Crippen molar-refractivity contribution in [2.24, 2.45) is 7.05 Å². The van der Waals surface area contributed by atoms with Crippen molar-refractivity contribution < 1.29 is 0 Å². The maximum Gasteiger partial charge on any atom is 0.182 e. The normalized spacial score (nSPS) is 10.7. The smallest absolute Gasteiger partial charge is 0.182 e. The number of aromatic nitrogens is 4. The number of nitrogens with zero attached hydrogens (tertiary/aromatic N) is 4. The molecule has 0 aliphatic heterocycles. The zero-order valence-corrected chi connectivity index (χ0v) is 9.71. The third kappa shape index (κ3) is 1.96. The Morgan fingerprint density at radius 1 is 1.20 bits per heavy atom. The van der Waals surface area contributed by atoms with Crippen LogP contribution in [0.5, 0.6) is 0 Å². The van der Waals surface area contributed by atoms with Gasteiger partial charge in [0.25, 0.3) is 0 Å². The zero-order chi connectivity index (χ0) is 11.0. The molecular weight excluding hydrogens is 235 g/mol. The summed E-state index contributed by atoms with van der Waals surface area (Å²) in [4.78, 5) is 12.3. The van der Waals surface area contributed by atoms with Gasteiger partial charge in [0, 0.05) is 18.8 Å². The van der Waals surface area contributed by atoms with Gasteiger partial charge < -0.3 is 4.57 Å². The Balaban J connectivity index is 2.55. The molecule has 0 amide bonds.